The highest BCUT2D eigenvalue weighted by molar-refractivity contribution is 6.02. The predicted molar refractivity (Wildman–Crippen MR) is 81.9 cm³/mol. The van der Waals surface area contributed by atoms with Crippen molar-refractivity contribution in [2.45, 2.75) is 45.3 Å². The number of esters is 1. The molecule has 7 nitrogen and oxygen atoms in total. The normalized spacial score (nSPS) is 16.1. The lowest BCUT2D eigenvalue weighted by Gasteiger charge is -2.25. The summed E-state index contributed by atoms with van der Waals surface area (Å²) in [7, 11) is 0. The molecule has 23 heavy (non-hydrogen) atoms. The number of aromatic carboxylic acids is 1. The van der Waals surface area contributed by atoms with Gasteiger partial charge in [-0.25, -0.2) is 9.59 Å². The molecule has 0 atom stereocenters. The van der Waals surface area contributed by atoms with Crippen LogP contribution in [0.2, 0.25) is 0 Å². The van der Waals surface area contributed by atoms with E-state index >= 15 is 0 Å². The van der Waals surface area contributed by atoms with Crippen LogP contribution in [0.4, 0.5) is 0 Å². The van der Waals surface area contributed by atoms with Crippen LogP contribution in [0.15, 0.2) is 17.1 Å². The Morgan fingerprint density at radius 2 is 1.87 bits per heavy atom. The first-order valence-electron chi connectivity index (χ1n) is 7.49. The number of hydrogen-bond acceptors (Lipinski definition) is 5. The summed E-state index contributed by atoms with van der Waals surface area (Å²) in [5, 5.41) is 9.26. The number of carboxylic acids is 1. The minimum Gasteiger partial charge on any atom is -0.478 e. The number of carbonyl (C=O) groups is 2. The Kier molecular flexibility index (Phi) is 4.89. The van der Waals surface area contributed by atoms with E-state index in [1.807, 2.05) is 0 Å². The Morgan fingerprint density at radius 3 is 2.39 bits per heavy atom. The van der Waals surface area contributed by atoms with Crippen molar-refractivity contribution in [3.63, 3.8) is 0 Å². The number of nitrogens with zero attached hydrogens (tertiary/aromatic N) is 1. The molecule has 1 aromatic rings. The van der Waals surface area contributed by atoms with E-state index in [9.17, 15) is 19.5 Å². The monoisotopic (exact) mass is 323 g/mol. The standard InChI is InChI=1S/C16H21NO6/c1-16(2,3)23-15(21)12-9-17(10-4-6-22-7-5-10)13(18)8-11(12)14(19)20/h8-10H,4-7H2,1-3H3,(H,19,20). The van der Waals surface area contributed by atoms with Crippen molar-refractivity contribution >= 4 is 11.9 Å². The average Bonchev–Trinajstić information content (AvgIpc) is 2.45. The van der Waals surface area contributed by atoms with Gasteiger partial charge in [0, 0.05) is 31.5 Å². The summed E-state index contributed by atoms with van der Waals surface area (Å²) < 4.78 is 11.9. The van der Waals surface area contributed by atoms with Crippen LogP contribution in [0.25, 0.3) is 0 Å². The van der Waals surface area contributed by atoms with Crippen molar-refractivity contribution in [2.75, 3.05) is 13.2 Å². The maximum Gasteiger partial charge on any atom is 0.341 e. The van der Waals surface area contributed by atoms with Crippen LogP contribution in [-0.4, -0.2) is 40.4 Å². The lowest BCUT2D eigenvalue weighted by atomic mass is 10.1. The number of ether oxygens (including phenoxy) is 2. The van der Waals surface area contributed by atoms with E-state index in [2.05, 4.69) is 0 Å². The molecule has 0 aliphatic carbocycles. The maximum absolute atomic E-state index is 12.3. The number of rotatable bonds is 3. The van der Waals surface area contributed by atoms with Crippen LogP contribution in [0.3, 0.4) is 0 Å². The molecule has 0 spiro atoms. The van der Waals surface area contributed by atoms with Crippen LogP contribution in [-0.2, 0) is 9.47 Å². The van der Waals surface area contributed by atoms with Crippen LogP contribution in [0, 0.1) is 0 Å². The molecule has 126 valence electrons. The lowest BCUT2D eigenvalue weighted by molar-refractivity contribution is 0.00640. The molecule has 1 saturated heterocycles. The number of hydrogen-bond donors (Lipinski definition) is 1. The highest BCUT2D eigenvalue weighted by Gasteiger charge is 2.26. The molecule has 2 heterocycles. The second-order valence-electron chi connectivity index (χ2n) is 6.50. The van der Waals surface area contributed by atoms with E-state index in [4.69, 9.17) is 9.47 Å². The summed E-state index contributed by atoms with van der Waals surface area (Å²) >= 11 is 0. The van der Waals surface area contributed by atoms with Crippen LogP contribution in [0.1, 0.15) is 60.4 Å². The molecule has 0 radical (unpaired) electrons. The second-order valence-corrected chi connectivity index (χ2v) is 6.50. The fourth-order valence-electron chi connectivity index (χ4n) is 2.47. The SMILES string of the molecule is CC(C)(C)OC(=O)c1cn(C2CCOCC2)c(=O)cc1C(=O)O. The smallest absolute Gasteiger partial charge is 0.341 e. The molecule has 1 aliphatic rings. The van der Waals surface area contributed by atoms with Gasteiger partial charge in [0.15, 0.2) is 0 Å². The van der Waals surface area contributed by atoms with Crippen LogP contribution in [0.5, 0.6) is 0 Å². The fraction of sp³-hybridized carbons (Fsp3) is 0.562. The van der Waals surface area contributed by atoms with Gasteiger partial charge in [-0.3, -0.25) is 4.79 Å². The lowest BCUT2D eigenvalue weighted by Crippen LogP contribution is -2.32. The molecular formula is C16H21NO6. The fourth-order valence-corrected chi connectivity index (χ4v) is 2.47. The van der Waals surface area contributed by atoms with Crippen molar-refractivity contribution in [2.24, 2.45) is 0 Å². The minimum absolute atomic E-state index is 0.111. The first kappa shape index (κ1) is 17.2. The van der Waals surface area contributed by atoms with Gasteiger partial charge in [0.05, 0.1) is 11.1 Å². The predicted octanol–water partition coefficient (Wildman–Crippen LogP) is 1.85. The molecule has 0 bridgehead atoms. The third-order valence-corrected chi connectivity index (χ3v) is 3.51. The van der Waals surface area contributed by atoms with Crippen LogP contribution >= 0.6 is 0 Å². The second kappa shape index (κ2) is 6.54. The van der Waals surface area contributed by atoms with Crippen molar-refractivity contribution < 1.29 is 24.2 Å². The number of pyridine rings is 1. The molecule has 0 saturated carbocycles. The quantitative estimate of drug-likeness (QED) is 0.853. The minimum atomic E-state index is -1.33. The van der Waals surface area contributed by atoms with Crippen molar-refractivity contribution in [1.29, 1.82) is 0 Å². The Hall–Kier alpha value is -2.15. The molecule has 1 fully saturated rings. The maximum atomic E-state index is 12.3. The van der Waals surface area contributed by atoms with Gasteiger partial charge < -0.3 is 19.1 Å². The van der Waals surface area contributed by atoms with Gasteiger partial charge in [-0.15, -0.1) is 0 Å². The molecule has 1 N–H and O–H groups in total. The van der Waals surface area contributed by atoms with Gasteiger partial charge in [-0.05, 0) is 33.6 Å². The zero-order chi connectivity index (χ0) is 17.2. The zero-order valence-electron chi connectivity index (χ0n) is 13.5. The third-order valence-electron chi connectivity index (χ3n) is 3.51. The van der Waals surface area contributed by atoms with E-state index in [0.717, 1.165) is 6.07 Å². The summed E-state index contributed by atoms with van der Waals surface area (Å²) in [4.78, 5) is 35.9. The molecule has 2 rings (SSSR count). The first-order valence-corrected chi connectivity index (χ1v) is 7.49. The molecule has 1 aliphatic heterocycles. The summed E-state index contributed by atoms with van der Waals surface area (Å²) in [5.74, 6) is -2.09. The van der Waals surface area contributed by atoms with E-state index in [0.29, 0.717) is 26.1 Å². The highest BCUT2D eigenvalue weighted by atomic mass is 16.6. The van der Waals surface area contributed by atoms with Gasteiger partial charge >= 0.3 is 11.9 Å². The molecule has 0 amide bonds. The number of carbonyl (C=O) groups excluding carboxylic acids is 1. The first-order chi connectivity index (χ1) is 10.7. The van der Waals surface area contributed by atoms with Gasteiger partial charge in [0.1, 0.15) is 5.60 Å². The number of aromatic nitrogens is 1. The Morgan fingerprint density at radius 1 is 1.26 bits per heavy atom. The average molecular weight is 323 g/mol. The summed E-state index contributed by atoms with van der Waals surface area (Å²) in [5.41, 5.74) is -1.65. The molecule has 0 aromatic carbocycles. The number of carboxylic acid groups (broad SMARTS) is 1. The van der Waals surface area contributed by atoms with Crippen LogP contribution < -0.4 is 5.56 Å². The van der Waals surface area contributed by atoms with Gasteiger partial charge in [0.25, 0.3) is 5.56 Å². The molecule has 1 aromatic heterocycles. The van der Waals surface area contributed by atoms with E-state index < -0.39 is 23.1 Å². The largest absolute Gasteiger partial charge is 0.478 e. The topological polar surface area (TPSA) is 94.8 Å². The molecule has 0 unspecified atom stereocenters. The Labute approximate surface area is 133 Å². The summed E-state index contributed by atoms with van der Waals surface area (Å²) in [6.07, 6.45) is 2.58. The third kappa shape index (κ3) is 4.19. The zero-order valence-corrected chi connectivity index (χ0v) is 13.5. The molecular weight excluding hydrogens is 302 g/mol. The van der Waals surface area contributed by atoms with E-state index in [-0.39, 0.29) is 17.2 Å². The van der Waals surface area contributed by atoms with Gasteiger partial charge in [-0.2, -0.15) is 0 Å². The Bertz CT molecular complexity index is 664. The van der Waals surface area contributed by atoms with Gasteiger partial charge in [0.2, 0.25) is 0 Å². The van der Waals surface area contributed by atoms with Crippen molar-refractivity contribution in [3.05, 3.63) is 33.7 Å². The summed E-state index contributed by atoms with van der Waals surface area (Å²) in [6.45, 7) is 6.14. The Balaban J connectivity index is 2.47. The van der Waals surface area contributed by atoms with E-state index in [1.54, 1.807) is 20.8 Å². The summed E-state index contributed by atoms with van der Waals surface area (Å²) in [6, 6.07) is 0.872. The van der Waals surface area contributed by atoms with E-state index in [1.165, 1.54) is 10.8 Å². The molecule has 7 heteroatoms. The van der Waals surface area contributed by atoms with Crippen molar-refractivity contribution in [3.8, 4) is 0 Å². The highest BCUT2D eigenvalue weighted by Crippen LogP contribution is 2.21. The van der Waals surface area contributed by atoms with Gasteiger partial charge in [-0.1, -0.05) is 0 Å². The van der Waals surface area contributed by atoms with Crippen molar-refractivity contribution in [1.82, 2.24) is 4.57 Å².